The normalized spacial score (nSPS) is 19.3. The van der Waals surface area contributed by atoms with Crippen molar-refractivity contribution in [1.82, 2.24) is 9.80 Å². The number of cyclic esters (lactones) is 2. The summed E-state index contributed by atoms with van der Waals surface area (Å²) in [7, 11) is 4.63. The molecule has 2 amide bonds. The monoisotopic (exact) mass is 1210 g/mol. The molecule has 0 unspecified atom stereocenters. The fourth-order valence-corrected chi connectivity index (χ4v) is 12.6. The maximum atomic E-state index is 14.0. The molecule has 10 rings (SSSR count). The maximum Gasteiger partial charge on any atom is 1.00 e. The number of carbonyl (C=O) groups is 4. The molecule has 6 aromatic carbocycles. The number of methoxy groups -OCH3 is 3. The van der Waals surface area contributed by atoms with Crippen LogP contribution in [0.1, 0.15) is 146 Å². The maximum absolute atomic E-state index is 14.0. The van der Waals surface area contributed by atoms with Gasteiger partial charge in [-0.25, -0.2) is 36.7 Å². The molecule has 0 bridgehead atoms. The molecular formula is C69H75F4LiN2O12. The molecule has 462 valence electrons. The van der Waals surface area contributed by atoms with Crippen LogP contribution in [0.25, 0.3) is 33.4 Å². The SMILES string of the molecule is COC(=O)c1ccc(-c2ccc(OC)c(C3=C(CN4C(=O)O[C@H](c5cc(F)cc(F)c5)[C@@H]4C)CC(C)(C)CC3)c2)c(C)c1.COc1ccc(-c2ccc(C(=O)O)cc2C)cc1C1=C(CN2C(=O)O[C@H](c3cc(F)cc(F)c3)[C@@H]2C)CC(C)(C)CC1.O.[Li+].[OH-]. The van der Waals surface area contributed by atoms with Crippen LogP contribution < -0.4 is 28.3 Å². The van der Waals surface area contributed by atoms with Crippen molar-refractivity contribution in [2.24, 2.45) is 10.8 Å². The molecule has 6 aromatic rings. The van der Waals surface area contributed by atoms with Gasteiger partial charge in [0.25, 0.3) is 0 Å². The fourth-order valence-electron chi connectivity index (χ4n) is 12.6. The Bertz CT molecular complexity index is 3650. The minimum absolute atomic E-state index is 0. The molecule has 0 saturated carbocycles. The summed E-state index contributed by atoms with van der Waals surface area (Å²) in [6.45, 7) is 17.0. The van der Waals surface area contributed by atoms with E-state index in [0.29, 0.717) is 30.0 Å². The van der Waals surface area contributed by atoms with E-state index in [1.165, 1.54) is 31.4 Å². The van der Waals surface area contributed by atoms with Gasteiger partial charge >= 0.3 is 43.0 Å². The van der Waals surface area contributed by atoms with Crippen LogP contribution in [0.2, 0.25) is 0 Å². The molecule has 2 aliphatic heterocycles. The summed E-state index contributed by atoms with van der Waals surface area (Å²) >= 11 is 0. The average Bonchev–Trinajstić information content (AvgIpc) is 1.73. The third kappa shape index (κ3) is 15.0. The van der Waals surface area contributed by atoms with Crippen molar-refractivity contribution in [2.75, 3.05) is 34.4 Å². The Labute approximate surface area is 523 Å². The van der Waals surface area contributed by atoms with Gasteiger partial charge in [0.2, 0.25) is 0 Å². The summed E-state index contributed by atoms with van der Waals surface area (Å²) in [5, 5.41) is 9.39. The van der Waals surface area contributed by atoms with Crippen LogP contribution in [0, 0.1) is 47.9 Å². The van der Waals surface area contributed by atoms with Gasteiger partial charge in [-0.2, -0.15) is 0 Å². The smallest absolute Gasteiger partial charge is 0.870 e. The summed E-state index contributed by atoms with van der Waals surface area (Å²) in [6, 6.07) is 28.1. The number of nitrogens with zero attached hydrogens (tertiary/aromatic N) is 2. The quantitative estimate of drug-likeness (QED) is 0.0470. The molecule has 0 spiro atoms. The van der Waals surface area contributed by atoms with Crippen LogP contribution in [0.15, 0.2) is 120 Å². The van der Waals surface area contributed by atoms with E-state index < -0.39 is 65.7 Å². The molecule has 14 nitrogen and oxygen atoms in total. The van der Waals surface area contributed by atoms with Crippen LogP contribution in [-0.4, -0.2) is 96.5 Å². The number of carboxylic acid groups (broad SMARTS) is 1. The van der Waals surface area contributed by atoms with Crippen LogP contribution in [-0.2, 0) is 14.2 Å². The van der Waals surface area contributed by atoms with Crippen molar-refractivity contribution >= 4 is 35.3 Å². The molecule has 2 saturated heterocycles. The third-order valence-corrected chi connectivity index (χ3v) is 17.1. The van der Waals surface area contributed by atoms with E-state index in [-0.39, 0.29) is 57.7 Å². The summed E-state index contributed by atoms with van der Waals surface area (Å²) in [5.41, 5.74) is 13.2. The standard InChI is InChI=1S/C35H37F2NO5.C34H35F2NO5.Li.2H2O/c1-20-13-23(33(39)42-6)7-9-28(20)22-8-10-31(41-5)30(16-22)29-11-12-35(3,4)18-25(29)19-38-21(2)32(43-34(38)40)24-14-26(36)17-27(37)15-24;1-19-12-22(32(38)39)6-8-27(19)21-7-9-30(41-5)29(15-21)28-10-11-34(3,4)17-24(28)18-37-20(2)31(42-33(37)40)23-13-25(35)16-26(36)14-23;;;/h7-10,13-17,21,32H,11-12,18-19H2,1-6H3;6-9,12-16,20,31H,10-11,17-18H2,1-5H3,(H,38,39);;2*1H2/q;;+1;;/p-1/t21-,32-;20-,31-;;;/m00.../s1. The molecule has 88 heavy (non-hydrogen) atoms. The van der Waals surface area contributed by atoms with Crippen molar-refractivity contribution in [2.45, 2.75) is 118 Å². The van der Waals surface area contributed by atoms with Gasteiger partial charge in [0.15, 0.2) is 0 Å². The second-order valence-electron chi connectivity index (χ2n) is 24.3. The second kappa shape index (κ2) is 28.1. The van der Waals surface area contributed by atoms with Crippen LogP contribution in [0.5, 0.6) is 11.5 Å². The zero-order valence-electron chi connectivity index (χ0n) is 51.8. The average molecular weight is 1210 g/mol. The van der Waals surface area contributed by atoms with E-state index in [1.807, 2.05) is 70.2 Å². The Balaban J connectivity index is 0.000000272. The number of hydrogen-bond acceptors (Lipinski definition) is 10. The Morgan fingerprint density at radius 3 is 1.30 bits per heavy atom. The molecule has 2 heterocycles. The molecule has 2 aliphatic carbocycles. The van der Waals surface area contributed by atoms with Gasteiger partial charge in [-0.3, -0.25) is 9.80 Å². The summed E-state index contributed by atoms with van der Waals surface area (Å²) < 4.78 is 83.7. The van der Waals surface area contributed by atoms with E-state index in [4.69, 9.17) is 23.7 Å². The number of hydrogen-bond donors (Lipinski definition) is 1. The molecule has 4 N–H and O–H groups in total. The van der Waals surface area contributed by atoms with E-state index in [9.17, 15) is 41.8 Å². The molecule has 4 aliphatic rings. The number of rotatable bonds is 14. The summed E-state index contributed by atoms with van der Waals surface area (Å²) in [5.74, 6) is -2.78. The summed E-state index contributed by atoms with van der Waals surface area (Å²) in [6.07, 6.45) is 2.35. The molecule has 19 heteroatoms. The van der Waals surface area contributed by atoms with E-state index >= 15 is 0 Å². The number of benzene rings is 6. The van der Waals surface area contributed by atoms with Crippen LogP contribution in [0.4, 0.5) is 27.2 Å². The Morgan fingerprint density at radius 2 is 0.943 bits per heavy atom. The number of halogens is 4. The molecule has 2 fully saturated rings. The summed E-state index contributed by atoms with van der Waals surface area (Å²) in [4.78, 5) is 53.1. The Hall–Kier alpha value is -7.88. The number of carboxylic acids is 1. The number of aryl methyl sites for hydroxylation is 2. The van der Waals surface area contributed by atoms with Gasteiger partial charge in [-0.15, -0.1) is 0 Å². The van der Waals surface area contributed by atoms with Gasteiger partial charge < -0.3 is 39.7 Å². The van der Waals surface area contributed by atoms with E-state index in [1.54, 1.807) is 42.2 Å². The van der Waals surface area contributed by atoms with Gasteiger partial charge in [-0.05, 0) is 206 Å². The predicted molar refractivity (Wildman–Crippen MR) is 323 cm³/mol. The predicted octanol–water partition coefficient (Wildman–Crippen LogP) is 12.5. The van der Waals surface area contributed by atoms with Crippen molar-refractivity contribution in [3.05, 3.63) is 188 Å². The van der Waals surface area contributed by atoms with Gasteiger partial charge in [0.05, 0.1) is 44.5 Å². The van der Waals surface area contributed by atoms with Gasteiger partial charge in [-0.1, -0.05) is 52.0 Å². The second-order valence-corrected chi connectivity index (χ2v) is 24.3. The first kappa shape index (κ1) is 69.2. The zero-order valence-corrected chi connectivity index (χ0v) is 51.8. The Morgan fingerprint density at radius 1 is 0.568 bits per heavy atom. The van der Waals surface area contributed by atoms with Crippen LogP contribution in [0.3, 0.4) is 0 Å². The number of aromatic carboxylic acids is 1. The van der Waals surface area contributed by atoms with E-state index in [0.717, 1.165) is 123 Å². The molecule has 0 radical (unpaired) electrons. The van der Waals surface area contributed by atoms with Crippen molar-refractivity contribution in [1.29, 1.82) is 0 Å². The first-order chi connectivity index (χ1) is 40.3. The van der Waals surface area contributed by atoms with Gasteiger partial charge in [0.1, 0.15) is 47.0 Å². The minimum atomic E-state index is -0.973. The topological polar surface area (TPSA) is 203 Å². The zero-order chi connectivity index (χ0) is 61.4. The van der Waals surface area contributed by atoms with Crippen LogP contribution >= 0.6 is 0 Å². The molecule has 4 atom stereocenters. The molecule has 0 aromatic heterocycles. The third-order valence-electron chi connectivity index (χ3n) is 17.1. The number of amides is 2. The number of allylic oxidation sites excluding steroid dienone is 2. The first-order valence-electron chi connectivity index (χ1n) is 28.5. The van der Waals surface area contributed by atoms with Crippen molar-refractivity contribution in [3.8, 4) is 33.8 Å². The molecular weight excluding hydrogens is 1130 g/mol. The van der Waals surface area contributed by atoms with Crippen molar-refractivity contribution in [3.63, 3.8) is 0 Å². The fraction of sp³-hybridized carbons (Fsp3) is 0.362. The first-order valence-corrected chi connectivity index (χ1v) is 28.5. The minimum Gasteiger partial charge on any atom is -0.870 e. The largest absolute Gasteiger partial charge is 1.00 e. The Kier molecular flexibility index (Phi) is 22.1. The number of carbonyl (C=O) groups excluding carboxylic acids is 3. The van der Waals surface area contributed by atoms with Gasteiger partial charge in [0, 0.05) is 47.5 Å². The number of esters is 1. The van der Waals surface area contributed by atoms with Crippen molar-refractivity contribution < 1.29 is 95.3 Å². The number of ether oxygens (including phenoxy) is 5. The van der Waals surface area contributed by atoms with E-state index in [2.05, 4.69) is 39.8 Å².